The zero-order chi connectivity index (χ0) is 43.7. The van der Waals surface area contributed by atoms with Crippen molar-refractivity contribution in [1.29, 1.82) is 0 Å². The Balaban J connectivity index is 0.000000607. The van der Waals surface area contributed by atoms with Gasteiger partial charge in [0.15, 0.2) is 11.9 Å². The van der Waals surface area contributed by atoms with Gasteiger partial charge in [0.25, 0.3) is 5.78 Å². The molecule has 0 bridgehead atoms. The molecule has 18 nitrogen and oxygen atoms in total. The van der Waals surface area contributed by atoms with Crippen LogP contribution in [-0.2, 0) is 19.1 Å². The van der Waals surface area contributed by atoms with E-state index in [-0.39, 0.29) is 18.0 Å². The minimum Gasteiger partial charge on any atom is -0.454 e. The van der Waals surface area contributed by atoms with E-state index in [1.165, 1.54) is 77.8 Å². The second kappa shape index (κ2) is 33.7. The average molecular weight is 839 g/mol. The summed E-state index contributed by atoms with van der Waals surface area (Å²) in [6.45, 7) is 26.0. The molecule has 2 heterocycles. The zero-order valence-corrected chi connectivity index (χ0v) is 37.7. The predicted octanol–water partition coefficient (Wildman–Crippen LogP) is 0.511. The van der Waals surface area contributed by atoms with E-state index in [1.807, 2.05) is 0 Å². The van der Waals surface area contributed by atoms with E-state index in [0.29, 0.717) is 38.9 Å². The normalized spacial score (nSPS) is 16.7. The average Bonchev–Trinajstić information content (AvgIpc) is 3.19. The Morgan fingerprint density at radius 1 is 0.627 bits per heavy atom. The van der Waals surface area contributed by atoms with E-state index in [0.717, 1.165) is 71.4 Å². The number of unbranched alkanes of at least 4 members (excludes halogenated alkanes) is 4. The summed E-state index contributed by atoms with van der Waals surface area (Å²) >= 11 is 0. The van der Waals surface area contributed by atoms with Crippen molar-refractivity contribution in [2.75, 3.05) is 105 Å². The molecule has 0 unspecified atom stereocenters. The van der Waals surface area contributed by atoms with E-state index in [4.69, 9.17) is 27.7 Å². The molecule has 0 aromatic heterocycles. The first kappa shape index (κ1) is 54.0. The number of guanidine groups is 2. The minimum atomic E-state index is -0.833. The van der Waals surface area contributed by atoms with Crippen molar-refractivity contribution in [1.82, 2.24) is 41.3 Å². The molecule has 0 aromatic rings. The fourth-order valence-corrected chi connectivity index (χ4v) is 6.76. The number of aliphatic imine (C=N–C) groups is 2. The molecule has 0 saturated carbocycles. The third-order valence-electron chi connectivity index (χ3n) is 10.2. The molecule has 59 heavy (non-hydrogen) atoms. The van der Waals surface area contributed by atoms with Crippen molar-refractivity contribution in [3.63, 3.8) is 0 Å². The Morgan fingerprint density at radius 3 is 1.42 bits per heavy atom. The maximum Gasteiger partial charge on any atom is 0.376 e. The molecule has 12 N–H and O–H groups in total. The molecule has 0 radical (unpaired) electrons. The second-order valence-electron chi connectivity index (χ2n) is 16.7. The number of aldehydes is 1. The highest BCUT2D eigenvalue weighted by atomic mass is 16.6. The third kappa shape index (κ3) is 29.8. The molecule has 2 saturated heterocycles. The molecule has 2 fully saturated rings. The number of piperazine rings is 2. The molecule has 0 amide bonds. The molecule has 2 rings (SSSR count). The second-order valence-corrected chi connectivity index (χ2v) is 16.7. The number of nitrogens with two attached hydrogens (primary N) is 4. The first-order chi connectivity index (χ1) is 28.3. The number of hydrogen-bond acceptors (Lipinski definition) is 14. The smallest absolute Gasteiger partial charge is 0.376 e. The van der Waals surface area contributed by atoms with E-state index >= 15 is 0 Å². The largest absolute Gasteiger partial charge is 0.454 e. The number of ketones is 1. The van der Waals surface area contributed by atoms with Crippen LogP contribution in [0.4, 0.5) is 0 Å². The Morgan fingerprint density at radius 2 is 1.03 bits per heavy atom. The van der Waals surface area contributed by atoms with Gasteiger partial charge >= 0.3 is 5.97 Å². The number of hydrazine groups is 2. The van der Waals surface area contributed by atoms with E-state index < -0.39 is 23.4 Å². The summed E-state index contributed by atoms with van der Waals surface area (Å²) in [4.78, 5) is 53.9. The quantitative estimate of drug-likeness (QED) is 0.00901. The van der Waals surface area contributed by atoms with Crippen LogP contribution in [0.25, 0.3) is 0 Å². The van der Waals surface area contributed by atoms with Gasteiger partial charge in [0.05, 0.1) is 12.1 Å². The Kier molecular flexibility index (Phi) is 30.9. The van der Waals surface area contributed by atoms with Crippen molar-refractivity contribution < 1.29 is 19.1 Å². The molecule has 0 spiro atoms. The van der Waals surface area contributed by atoms with Gasteiger partial charge in [-0.1, -0.05) is 39.5 Å². The maximum atomic E-state index is 12.6. The topological polar surface area (TPSA) is 250 Å². The van der Waals surface area contributed by atoms with Crippen LogP contribution in [-0.4, -0.2) is 172 Å². The number of nitrogens with zero attached hydrogens (tertiary/aromatic N) is 6. The molecule has 0 aliphatic carbocycles. The van der Waals surface area contributed by atoms with Crippen LogP contribution in [0.1, 0.15) is 112 Å². The monoisotopic (exact) mass is 839 g/mol. The number of Topliss-reactive ketones (excluding diaryl/α,β-unsaturated/α-hetero) is 1. The Labute approximate surface area is 356 Å². The maximum absolute atomic E-state index is 12.6. The van der Waals surface area contributed by atoms with Crippen LogP contribution in [0.3, 0.4) is 0 Å². The minimum absolute atomic E-state index is 0.0119. The Hall–Kier alpha value is -2.97. The molecule has 0 aromatic carbocycles. The van der Waals surface area contributed by atoms with Crippen LogP contribution in [0.15, 0.2) is 9.98 Å². The van der Waals surface area contributed by atoms with E-state index in [2.05, 4.69) is 65.1 Å². The lowest BCUT2D eigenvalue weighted by molar-refractivity contribution is -0.163. The zero-order valence-electron chi connectivity index (χ0n) is 37.7. The SMILES string of the molecule is CCCCCN1CCN(CCCNN[C@@H](CCCN=C(N)N)C(=O)C(=O)OC(C)(C)C)CC1.CCCCCN1CCN(CCCNN[C@H](C=O)CCCN=C(N)N)CC1. The van der Waals surface area contributed by atoms with Gasteiger partial charge in [-0.3, -0.25) is 25.6 Å². The molecule has 18 heteroatoms. The highest BCUT2D eigenvalue weighted by molar-refractivity contribution is 6.35. The molecule has 2 aliphatic rings. The number of esters is 1. The molecule has 2 aliphatic heterocycles. The van der Waals surface area contributed by atoms with Gasteiger partial charge in [0, 0.05) is 78.5 Å². The van der Waals surface area contributed by atoms with E-state index in [1.54, 1.807) is 20.8 Å². The van der Waals surface area contributed by atoms with Crippen LogP contribution >= 0.6 is 0 Å². The van der Waals surface area contributed by atoms with Gasteiger partial charge in [0.1, 0.15) is 11.9 Å². The lowest BCUT2D eigenvalue weighted by Crippen LogP contribution is -2.50. The summed E-state index contributed by atoms with van der Waals surface area (Å²) in [6.07, 6.45) is 13.3. The third-order valence-corrected chi connectivity index (χ3v) is 10.2. The number of ether oxygens (including phenoxy) is 1. The molecular weight excluding hydrogens is 753 g/mol. The van der Waals surface area contributed by atoms with Crippen molar-refractivity contribution in [3.8, 4) is 0 Å². The summed E-state index contributed by atoms with van der Waals surface area (Å²) in [5.74, 6) is -1.32. The van der Waals surface area contributed by atoms with Gasteiger partial charge in [-0.2, -0.15) is 0 Å². The van der Waals surface area contributed by atoms with Gasteiger partial charge < -0.3 is 52.1 Å². The lowest BCUT2D eigenvalue weighted by Gasteiger charge is -2.34. The van der Waals surface area contributed by atoms with Gasteiger partial charge in [-0.25, -0.2) is 15.6 Å². The number of carbonyl (C=O) groups excluding carboxylic acids is 3. The van der Waals surface area contributed by atoms with Crippen LogP contribution in [0, 0.1) is 0 Å². The Bertz CT molecular complexity index is 1150. The van der Waals surface area contributed by atoms with Crippen molar-refractivity contribution in [3.05, 3.63) is 0 Å². The van der Waals surface area contributed by atoms with Gasteiger partial charge in [-0.15, -0.1) is 0 Å². The highest BCUT2D eigenvalue weighted by Gasteiger charge is 2.29. The highest BCUT2D eigenvalue weighted by Crippen LogP contribution is 2.10. The van der Waals surface area contributed by atoms with Crippen LogP contribution in [0.5, 0.6) is 0 Å². The number of hydrogen-bond donors (Lipinski definition) is 8. The number of nitrogens with one attached hydrogen (secondary N) is 4. The van der Waals surface area contributed by atoms with Crippen molar-refractivity contribution in [2.45, 2.75) is 129 Å². The molecule has 344 valence electrons. The predicted molar refractivity (Wildman–Crippen MR) is 241 cm³/mol. The number of rotatable bonds is 31. The van der Waals surface area contributed by atoms with Crippen molar-refractivity contribution >= 4 is 30.0 Å². The summed E-state index contributed by atoms with van der Waals surface area (Å²) in [5.41, 5.74) is 32.9. The van der Waals surface area contributed by atoms with Crippen molar-refractivity contribution in [2.24, 2.45) is 32.9 Å². The fourth-order valence-electron chi connectivity index (χ4n) is 6.76. The summed E-state index contributed by atoms with van der Waals surface area (Å²) < 4.78 is 5.24. The van der Waals surface area contributed by atoms with Gasteiger partial charge in [0.2, 0.25) is 0 Å². The van der Waals surface area contributed by atoms with Crippen LogP contribution in [0.2, 0.25) is 0 Å². The van der Waals surface area contributed by atoms with Gasteiger partial charge in [-0.05, 0) is 98.3 Å². The first-order valence-electron chi connectivity index (χ1n) is 22.5. The lowest BCUT2D eigenvalue weighted by atomic mass is 10.1. The van der Waals surface area contributed by atoms with Crippen LogP contribution < -0.4 is 44.6 Å². The summed E-state index contributed by atoms with van der Waals surface area (Å²) in [7, 11) is 0. The fraction of sp³-hybridized carbons (Fsp3) is 0.878. The summed E-state index contributed by atoms with van der Waals surface area (Å²) in [6, 6.07) is -0.892. The summed E-state index contributed by atoms with van der Waals surface area (Å²) in [5, 5.41) is 0. The molecule has 2 atom stereocenters. The number of carbonyl (C=O) groups is 3. The first-order valence-corrected chi connectivity index (χ1v) is 22.5. The molecular formula is C41H86N14O4. The standard InChI is InChI=1S/C23H47N7O3.C18H39N7O/c1-5-6-7-13-29-15-17-30(18-16-29)14-9-12-27-28-19(10-8-11-26-22(24)25)20(31)21(32)33-23(2,3)4;1-2-3-4-10-24-12-14-25(15-13-24)11-6-9-22-23-17(16-26)7-5-8-21-18(19)20/h19,27-28H,5-18H2,1-4H3,(H4,24,25,26);16-17,22-23H,2-15H2,1H3,(H4,19,20,21)/t19-;17-/m00/s1. The van der Waals surface area contributed by atoms with E-state index in [9.17, 15) is 14.4 Å².